The van der Waals surface area contributed by atoms with E-state index >= 15 is 0 Å². The van der Waals surface area contributed by atoms with Crippen LogP contribution in [-0.2, 0) is 4.74 Å². The molecule has 1 fully saturated rings. The lowest BCUT2D eigenvalue weighted by Gasteiger charge is -2.32. The van der Waals surface area contributed by atoms with E-state index in [4.69, 9.17) is 14.7 Å². The summed E-state index contributed by atoms with van der Waals surface area (Å²) in [6, 6.07) is 7.01. The van der Waals surface area contributed by atoms with Gasteiger partial charge in [-0.15, -0.1) is 0 Å². The van der Waals surface area contributed by atoms with Crippen LogP contribution in [0.25, 0.3) is 0 Å². The molecular formula is C15H17N3O3. The number of hydrogen-bond acceptors (Lipinski definition) is 5. The molecule has 0 aliphatic carbocycles. The second-order valence-corrected chi connectivity index (χ2v) is 5.17. The van der Waals surface area contributed by atoms with Crippen LogP contribution in [0.1, 0.15) is 10.4 Å². The number of carbonyl (C=O) groups is 1. The number of rotatable bonds is 1. The minimum absolute atomic E-state index is 0.133. The van der Waals surface area contributed by atoms with E-state index in [2.05, 4.69) is 11.0 Å². The molecule has 2 aliphatic heterocycles. The van der Waals surface area contributed by atoms with Gasteiger partial charge in [0.2, 0.25) is 0 Å². The summed E-state index contributed by atoms with van der Waals surface area (Å²) in [5.74, 6) is 0.658. The van der Waals surface area contributed by atoms with Crippen molar-refractivity contribution in [3.8, 4) is 11.8 Å². The second kappa shape index (κ2) is 5.62. The van der Waals surface area contributed by atoms with Crippen LogP contribution in [0.4, 0.5) is 5.69 Å². The number of nitrogens with zero attached hydrogens (tertiary/aromatic N) is 3. The van der Waals surface area contributed by atoms with Gasteiger partial charge in [0.15, 0.2) is 0 Å². The predicted octanol–water partition coefficient (Wildman–Crippen LogP) is 0.880. The smallest absolute Gasteiger partial charge is 0.255 e. The van der Waals surface area contributed by atoms with Crippen molar-refractivity contribution in [3.05, 3.63) is 23.8 Å². The normalized spacial score (nSPS) is 21.2. The first-order valence-corrected chi connectivity index (χ1v) is 6.97. The Kier molecular flexibility index (Phi) is 3.67. The number of hydrogen-bond donors (Lipinski definition) is 0. The number of ether oxygens (including phenoxy) is 2. The standard InChI is InChI=1S/C15H17N3O3/c1-17-4-7-21-14-3-2-11(8-13(14)17)15(19)18-5-6-20-10-12(18)9-16/h2-3,8,12H,4-7,10H2,1H3. The lowest BCUT2D eigenvalue weighted by Crippen LogP contribution is -2.48. The zero-order valence-corrected chi connectivity index (χ0v) is 11.9. The summed E-state index contributed by atoms with van der Waals surface area (Å²) in [5, 5.41) is 9.14. The molecule has 2 aliphatic rings. The summed E-state index contributed by atoms with van der Waals surface area (Å²) >= 11 is 0. The molecule has 0 N–H and O–H groups in total. The van der Waals surface area contributed by atoms with Crippen LogP contribution in [0.3, 0.4) is 0 Å². The van der Waals surface area contributed by atoms with Crippen molar-refractivity contribution >= 4 is 11.6 Å². The van der Waals surface area contributed by atoms with E-state index in [1.807, 2.05) is 19.2 Å². The third kappa shape index (κ3) is 2.52. The molecule has 0 bridgehead atoms. The minimum Gasteiger partial charge on any atom is -0.490 e. The predicted molar refractivity (Wildman–Crippen MR) is 76.5 cm³/mol. The summed E-state index contributed by atoms with van der Waals surface area (Å²) in [6.07, 6.45) is 0. The van der Waals surface area contributed by atoms with Gasteiger partial charge in [0, 0.05) is 19.2 Å². The Labute approximate surface area is 123 Å². The van der Waals surface area contributed by atoms with Crippen molar-refractivity contribution < 1.29 is 14.3 Å². The minimum atomic E-state index is -0.517. The maximum atomic E-state index is 12.6. The van der Waals surface area contributed by atoms with Crippen molar-refractivity contribution in [1.82, 2.24) is 4.90 Å². The van der Waals surface area contributed by atoms with Crippen LogP contribution < -0.4 is 9.64 Å². The molecule has 1 aromatic rings. The Morgan fingerprint density at radius 1 is 1.38 bits per heavy atom. The average molecular weight is 287 g/mol. The Morgan fingerprint density at radius 3 is 3.05 bits per heavy atom. The maximum Gasteiger partial charge on any atom is 0.255 e. The number of nitriles is 1. The monoisotopic (exact) mass is 287 g/mol. The van der Waals surface area contributed by atoms with Gasteiger partial charge < -0.3 is 19.3 Å². The summed E-state index contributed by atoms with van der Waals surface area (Å²) in [4.78, 5) is 16.3. The first-order chi connectivity index (χ1) is 10.2. The van der Waals surface area contributed by atoms with Gasteiger partial charge in [-0.3, -0.25) is 4.79 Å². The van der Waals surface area contributed by atoms with Crippen molar-refractivity contribution in [1.29, 1.82) is 5.26 Å². The molecule has 1 unspecified atom stereocenters. The molecule has 0 spiro atoms. The first kappa shape index (κ1) is 13.7. The van der Waals surface area contributed by atoms with Crippen LogP contribution in [0.15, 0.2) is 18.2 Å². The third-order valence-corrected chi connectivity index (χ3v) is 3.84. The number of fused-ring (bicyclic) bond motifs is 1. The van der Waals surface area contributed by atoms with Crippen LogP contribution in [0, 0.1) is 11.3 Å². The fourth-order valence-electron chi connectivity index (χ4n) is 2.60. The number of amides is 1. The van der Waals surface area contributed by atoms with Gasteiger partial charge in [0.1, 0.15) is 18.4 Å². The van der Waals surface area contributed by atoms with Gasteiger partial charge in [0.05, 0.1) is 31.5 Å². The van der Waals surface area contributed by atoms with Crippen LogP contribution in [-0.4, -0.2) is 56.8 Å². The van der Waals surface area contributed by atoms with Gasteiger partial charge in [-0.1, -0.05) is 0 Å². The number of carbonyl (C=O) groups excluding carboxylic acids is 1. The van der Waals surface area contributed by atoms with Crippen LogP contribution >= 0.6 is 0 Å². The second-order valence-electron chi connectivity index (χ2n) is 5.17. The lowest BCUT2D eigenvalue weighted by atomic mass is 10.1. The summed E-state index contributed by atoms with van der Waals surface area (Å²) < 4.78 is 10.8. The largest absolute Gasteiger partial charge is 0.490 e. The molecule has 1 amide bonds. The number of benzene rings is 1. The highest BCUT2D eigenvalue weighted by atomic mass is 16.5. The van der Waals surface area contributed by atoms with E-state index in [9.17, 15) is 4.79 Å². The lowest BCUT2D eigenvalue weighted by molar-refractivity contribution is 0.0132. The molecular weight excluding hydrogens is 270 g/mol. The highest BCUT2D eigenvalue weighted by Gasteiger charge is 2.28. The first-order valence-electron chi connectivity index (χ1n) is 6.97. The molecule has 1 aromatic carbocycles. The zero-order valence-electron chi connectivity index (χ0n) is 11.9. The summed E-state index contributed by atoms with van der Waals surface area (Å²) in [7, 11) is 1.97. The fourth-order valence-corrected chi connectivity index (χ4v) is 2.60. The highest BCUT2D eigenvalue weighted by molar-refractivity contribution is 5.96. The van der Waals surface area contributed by atoms with Crippen molar-refractivity contribution in [2.45, 2.75) is 6.04 Å². The summed E-state index contributed by atoms with van der Waals surface area (Å²) in [6.45, 7) is 2.63. The molecule has 2 heterocycles. The Balaban J connectivity index is 1.88. The molecule has 0 saturated carbocycles. The Bertz CT molecular complexity index is 596. The van der Waals surface area contributed by atoms with Gasteiger partial charge in [-0.25, -0.2) is 0 Å². The van der Waals surface area contributed by atoms with Gasteiger partial charge in [-0.2, -0.15) is 5.26 Å². The molecule has 3 rings (SSSR count). The number of anilines is 1. The molecule has 0 aromatic heterocycles. The van der Waals surface area contributed by atoms with Crippen molar-refractivity contribution in [2.75, 3.05) is 44.9 Å². The SMILES string of the molecule is CN1CCOc2ccc(C(=O)N3CCOCC3C#N)cc21. The molecule has 6 heteroatoms. The van der Waals surface area contributed by atoms with E-state index < -0.39 is 6.04 Å². The van der Waals surface area contributed by atoms with Crippen LogP contribution in [0.5, 0.6) is 5.75 Å². The maximum absolute atomic E-state index is 12.6. The van der Waals surface area contributed by atoms with E-state index in [0.29, 0.717) is 25.3 Å². The molecule has 1 atom stereocenters. The number of morpholine rings is 1. The van der Waals surface area contributed by atoms with E-state index in [0.717, 1.165) is 18.0 Å². The van der Waals surface area contributed by atoms with E-state index in [-0.39, 0.29) is 12.5 Å². The van der Waals surface area contributed by atoms with Crippen molar-refractivity contribution in [2.24, 2.45) is 0 Å². The Morgan fingerprint density at radius 2 is 2.24 bits per heavy atom. The van der Waals surface area contributed by atoms with Gasteiger partial charge in [0.25, 0.3) is 5.91 Å². The summed E-state index contributed by atoms with van der Waals surface area (Å²) in [5.41, 5.74) is 1.49. The molecule has 21 heavy (non-hydrogen) atoms. The molecule has 6 nitrogen and oxygen atoms in total. The third-order valence-electron chi connectivity index (χ3n) is 3.84. The highest BCUT2D eigenvalue weighted by Crippen LogP contribution is 2.32. The topological polar surface area (TPSA) is 65.8 Å². The fraction of sp³-hybridized carbons (Fsp3) is 0.467. The van der Waals surface area contributed by atoms with E-state index in [1.165, 1.54) is 0 Å². The van der Waals surface area contributed by atoms with Gasteiger partial charge >= 0.3 is 0 Å². The molecule has 1 saturated heterocycles. The zero-order chi connectivity index (χ0) is 14.8. The average Bonchev–Trinajstić information content (AvgIpc) is 2.54. The van der Waals surface area contributed by atoms with E-state index in [1.54, 1.807) is 11.0 Å². The van der Waals surface area contributed by atoms with Crippen LogP contribution in [0.2, 0.25) is 0 Å². The molecule has 0 radical (unpaired) electrons. The van der Waals surface area contributed by atoms with Gasteiger partial charge in [-0.05, 0) is 18.2 Å². The Hall–Kier alpha value is -2.26. The van der Waals surface area contributed by atoms with Crippen molar-refractivity contribution in [3.63, 3.8) is 0 Å². The quantitative estimate of drug-likeness (QED) is 0.767. The number of likely N-dealkylation sites (N-methyl/N-ethyl adjacent to an activating group) is 1. The molecule has 110 valence electrons.